The Bertz CT molecular complexity index is 982. The minimum absolute atomic E-state index is 0.0375. The van der Waals surface area contributed by atoms with Gasteiger partial charge >= 0.3 is 0 Å². The van der Waals surface area contributed by atoms with Gasteiger partial charge in [0.25, 0.3) is 0 Å². The number of benzene rings is 2. The lowest BCUT2D eigenvalue weighted by Crippen LogP contribution is -2.32. The summed E-state index contributed by atoms with van der Waals surface area (Å²) in [7, 11) is 1.64. The molecule has 0 radical (unpaired) electrons. The molecule has 1 aliphatic rings. The van der Waals surface area contributed by atoms with E-state index in [0.29, 0.717) is 31.4 Å². The van der Waals surface area contributed by atoms with Crippen molar-refractivity contribution in [2.75, 3.05) is 7.11 Å². The van der Waals surface area contributed by atoms with E-state index in [0.717, 1.165) is 29.0 Å². The fourth-order valence-corrected chi connectivity index (χ4v) is 3.97. The second kappa shape index (κ2) is 7.84. The second-order valence-corrected chi connectivity index (χ2v) is 7.90. The molecular weight excluding hydrogens is 364 g/mol. The number of ether oxygens (including phenoxy) is 1. The normalized spacial score (nSPS) is 21.7. The van der Waals surface area contributed by atoms with Crippen molar-refractivity contribution in [2.24, 2.45) is 5.92 Å². The molecule has 29 heavy (non-hydrogen) atoms. The first kappa shape index (κ1) is 19.4. The van der Waals surface area contributed by atoms with Gasteiger partial charge in [-0.3, -0.25) is 0 Å². The van der Waals surface area contributed by atoms with E-state index in [1.165, 1.54) is 5.56 Å². The molecule has 5 nitrogen and oxygen atoms in total. The number of aliphatic hydroxyl groups is 1. The smallest absolute Gasteiger partial charge is 0.123 e. The van der Waals surface area contributed by atoms with Gasteiger partial charge in [-0.05, 0) is 62.9 Å². The van der Waals surface area contributed by atoms with Gasteiger partial charge in [0.05, 0.1) is 24.2 Å². The lowest BCUT2D eigenvalue weighted by atomic mass is 9.77. The van der Waals surface area contributed by atoms with E-state index >= 15 is 0 Å². The molecule has 0 spiro atoms. The number of nitrogens with zero attached hydrogens (tertiary/aromatic N) is 2. The lowest BCUT2D eigenvalue weighted by Gasteiger charge is -2.32. The van der Waals surface area contributed by atoms with Crippen LogP contribution < -0.4 is 4.74 Å². The van der Waals surface area contributed by atoms with Crippen molar-refractivity contribution in [1.29, 1.82) is 0 Å². The molecule has 0 bridgehead atoms. The van der Waals surface area contributed by atoms with Crippen LogP contribution in [0.1, 0.15) is 36.9 Å². The molecule has 0 atom stereocenters. The Balaban J connectivity index is 1.78. The molecule has 5 heteroatoms. The molecule has 150 valence electrons. The first-order valence-electron chi connectivity index (χ1n) is 10.0. The molecule has 0 unspecified atom stereocenters. The number of carbonyl (C=O) groups excluding carboxylic acids is 1. The minimum Gasteiger partial charge on any atom is -0.497 e. The van der Waals surface area contributed by atoms with Crippen molar-refractivity contribution < 1.29 is 14.6 Å². The van der Waals surface area contributed by atoms with Crippen LogP contribution in [0.4, 0.5) is 0 Å². The summed E-state index contributed by atoms with van der Waals surface area (Å²) in [4.78, 5) is 11.1. The molecular formula is C24H26N2O3. The van der Waals surface area contributed by atoms with Crippen molar-refractivity contribution in [1.82, 2.24) is 9.78 Å². The van der Waals surface area contributed by atoms with Gasteiger partial charge in [0.2, 0.25) is 0 Å². The van der Waals surface area contributed by atoms with Gasteiger partial charge in [0.15, 0.2) is 0 Å². The highest BCUT2D eigenvalue weighted by molar-refractivity contribution is 5.63. The van der Waals surface area contributed by atoms with Gasteiger partial charge in [-0.15, -0.1) is 0 Å². The highest BCUT2D eigenvalue weighted by Crippen LogP contribution is 2.40. The van der Waals surface area contributed by atoms with Crippen molar-refractivity contribution in [3.8, 4) is 22.7 Å². The zero-order chi connectivity index (χ0) is 20.4. The molecule has 0 amide bonds. The zero-order valence-corrected chi connectivity index (χ0v) is 16.8. The highest BCUT2D eigenvalue weighted by Gasteiger charge is 2.37. The number of hydrogen-bond acceptors (Lipinski definition) is 4. The number of aryl methyl sites for hydroxylation is 1. The number of aromatic nitrogens is 2. The van der Waals surface area contributed by atoms with Crippen LogP contribution in [-0.2, 0) is 10.4 Å². The molecule has 2 aromatic carbocycles. The minimum atomic E-state index is -1.00. The Hall–Kier alpha value is -2.92. The van der Waals surface area contributed by atoms with E-state index in [4.69, 9.17) is 9.84 Å². The summed E-state index contributed by atoms with van der Waals surface area (Å²) >= 11 is 0. The summed E-state index contributed by atoms with van der Waals surface area (Å²) in [5.41, 5.74) is 3.71. The topological polar surface area (TPSA) is 64.3 Å². The average molecular weight is 390 g/mol. The van der Waals surface area contributed by atoms with E-state index in [9.17, 15) is 9.90 Å². The number of carbonyl (C=O) groups is 1. The van der Waals surface area contributed by atoms with Gasteiger partial charge in [0.1, 0.15) is 17.6 Å². The van der Waals surface area contributed by atoms with Gasteiger partial charge in [0, 0.05) is 11.5 Å². The summed E-state index contributed by atoms with van der Waals surface area (Å²) in [6, 6.07) is 18.0. The first-order valence-corrected chi connectivity index (χ1v) is 10.0. The molecule has 1 aromatic heterocycles. The van der Waals surface area contributed by atoms with Crippen LogP contribution in [0.25, 0.3) is 16.9 Å². The number of aldehydes is 1. The van der Waals surface area contributed by atoms with E-state index in [2.05, 4.69) is 31.2 Å². The SMILES string of the molecule is COc1ccc(-n2nc(C3(O)CCC(C=O)CC3)cc2-c2ccc(C)cc2)cc1. The van der Waals surface area contributed by atoms with Crippen molar-refractivity contribution in [3.05, 3.63) is 65.9 Å². The fourth-order valence-electron chi connectivity index (χ4n) is 3.97. The molecule has 4 rings (SSSR count). The average Bonchev–Trinajstić information content (AvgIpc) is 3.21. The Morgan fingerprint density at radius 2 is 1.76 bits per heavy atom. The van der Waals surface area contributed by atoms with E-state index in [1.807, 2.05) is 35.0 Å². The molecule has 1 saturated carbocycles. The summed E-state index contributed by atoms with van der Waals surface area (Å²) in [6.07, 6.45) is 3.48. The van der Waals surface area contributed by atoms with Crippen LogP contribution in [-0.4, -0.2) is 28.3 Å². The van der Waals surface area contributed by atoms with E-state index < -0.39 is 5.60 Å². The predicted octanol–water partition coefficient (Wildman–Crippen LogP) is 4.43. The Morgan fingerprint density at radius 3 is 2.34 bits per heavy atom. The summed E-state index contributed by atoms with van der Waals surface area (Å²) in [5.74, 6) is 0.819. The van der Waals surface area contributed by atoms with Crippen LogP contribution in [0.5, 0.6) is 5.75 Å². The predicted molar refractivity (Wildman–Crippen MR) is 112 cm³/mol. The van der Waals surface area contributed by atoms with E-state index in [1.54, 1.807) is 7.11 Å². The van der Waals surface area contributed by atoms with Crippen LogP contribution in [0, 0.1) is 12.8 Å². The van der Waals surface area contributed by atoms with Crippen molar-refractivity contribution in [2.45, 2.75) is 38.2 Å². The van der Waals surface area contributed by atoms with Crippen molar-refractivity contribution in [3.63, 3.8) is 0 Å². The van der Waals surface area contributed by atoms with E-state index in [-0.39, 0.29) is 5.92 Å². The third-order valence-corrected chi connectivity index (χ3v) is 5.90. The molecule has 0 aliphatic heterocycles. The number of methoxy groups -OCH3 is 1. The van der Waals surface area contributed by atoms with Crippen LogP contribution >= 0.6 is 0 Å². The maximum atomic E-state index is 11.3. The van der Waals surface area contributed by atoms with Crippen LogP contribution in [0.3, 0.4) is 0 Å². The molecule has 1 aliphatic carbocycles. The maximum absolute atomic E-state index is 11.3. The Labute approximate surface area is 171 Å². The third kappa shape index (κ3) is 3.83. The van der Waals surface area contributed by atoms with Crippen molar-refractivity contribution >= 4 is 6.29 Å². The van der Waals surface area contributed by atoms with Crippen LogP contribution in [0.2, 0.25) is 0 Å². The quantitative estimate of drug-likeness (QED) is 0.655. The molecule has 0 saturated heterocycles. The van der Waals surface area contributed by atoms with Gasteiger partial charge in [-0.1, -0.05) is 29.8 Å². The van der Waals surface area contributed by atoms with Gasteiger partial charge in [-0.2, -0.15) is 5.10 Å². The summed E-state index contributed by atoms with van der Waals surface area (Å²) in [5, 5.41) is 16.1. The Morgan fingerprint density at radius 1 is 1.10 bits per heavy atom. The first-order chi connectivity index (χ1) is 14.0. The molecule has 1 N–H and O–H groups in total. The van der Waals surface area contributed by atoms with Crippen LogP contribution in [0.15, 0.2) is 54.6 Å². The zero-order valence-electron chi connectivity index (χ0n) is 16.8. The largest absolute Gasteiger partial charge is 0.497 e. The summed E-state index contributed by atoms with van der Waals surface area (Å²) < 4.78 is 7.15. The molecule has 1 heterocycles. The standard InChI is InChI=1S/C24H26N2O3/c1-17-3-5-19(6-4-17)22-15-23(24(28)13-11-18(16-27)12-14-24)25-26(22)20-7-9-21(29-2)10-8-20/h3-10,15-16,18,28H,11-14H2,1-2H3. The lowest BCUT2D eigenvalue weighted by molar-refractivity contribution is -0.114. The fraction of sp³-hybridized carbons (Fsp3) is 0.333. The Kier molecular flexibility index (Phi) is 5.24. The van der Waals surface area contributed by atoms with Gasteiger partial charge < -0.3 is 14.6 Å². The summed E-state index contributed by atoms with van der Waals surface area (Å²) in [6.45, 7) is 2.06. The van der Waals surface area contributed by atoms with Gasteiger partial charge in [-0.25, -0.2) is 4.68 Å². The highest BCUT2D eigenvalue weighted by atomic mass is 16.5. The second-order valence-electron chi connectivity index (χ2n) is 7.90. The monoisotopic (exact) mass is 390 g/mol. The molecule has 1 fully saturated rings. The third-order valence-electron chi connectivity index (χ3n) is 5.90. The molecule has 3 aromatic rings. The number of hydrogen-bond donors (Lipinski definition) is 1. The number of rotatable bonds is 5. The maximum Gasteiger partial charge on any atom is 0.123 e.